The van der Waals surface area contributed by atoms with Gasteiger partial charge in [0.1, 0.15) is 11.1 Å². The molecule has 2 aliphatic rings. The largest absolute Gasteiger partial charge is 0.382 e. The standard InChI is InChI=1S/C11H17NO3/c1-14-8-11(4-2-3-7-15-11)10(5-6-10)12-9-13/h2-8H2,1H3. The smallest absolute Gasteiger partial charge is 0.235 e. The van der Waals surface area contributed by atoms with Gasteiger partial charge in [-0.05, 0) is 32.1 Å². The normalized spacial score (nSPS) is 33.1. The third kappa shape index (κ3) is 1.73. The Morgan fingerprint density at radius 1 is 1.40 bits per heavy atom. The van der Waals surface area contributed by atoms with Gasteiger partial charge in [-0.15, -0.1) is 0 Å². The molecule has 1 unspecified atom stereocenters. The molecule has 4 heteroatoms. The fourth-order valence-electron chi connectivity index (χ4n) is 2.58. The molecule has 0 aromatic rings. The van der Waals surface area contributed by atoms with Gasteiger partial charge in [0.2, 0.25) is 6.08 Å². The summed E-state index contributed by atoms with van der Waals surface area (Å²) in [5.74, 6) is 0. The van der Waals surface area contributed by atoms with Gasteiger partial charge in [0.05, 0.1) is 6.61 Å². The SMILES string of the molecule is COCC1(C2(N=C=O)CC2)CCCCO1. The first-order valence-electron chi connectivity index (χ1n) is 5.51. The number of rotatable bonds is 4. The van der Waals surface area contributed by atoms with Crippen molar-refractivity contribution < 1.29 is 14.3 Å². The van der Waals surface area contributed by atoms with E-state index in [4.69, 9.17) is 9.47 Å². The molecule has 0 bridgehead atoms. The van der Waals surface area contributed by atoms with E-state index in [0.29, 0.717) is 6.61 Å². The summed E-state index contributed by atoms with van der Waals surface area (Å²) in [6.45, 7) is 1.28. The lowest BCUT2D eigenvalue weighted by molar-refractivity contribution is -0.135. The minimum absolute atomic E-state index is 0.328. The molecule has 1 atom stereocenters. The van der Waals surface area contributed by atoms with Crippen molar-refractivity contribution in [2.75, 3.05) is 20.3 Å². The van der Waals surface area contributed by atoms with Crippen molar-refractivity contribution in [2.24, 2.45) is 4.99 Å². The first-order chi connectivity index (χ1) is 7.29. The van der Waals surface area contributed by atoms with E-state index in [2.05, 4.69) is 4.99 Å². The van der Waals surface area contributed by atoms with Crippen molar-refractivity contribution in [1.29, 1.82) is 0 Å². The fraction of sp³-hybridized carbons (Fsp3) is 0.909. The zero-order valence-corrected chi connectivity index (χ0v) is 9.12. The van der Waals surface area contributed by atoms with E-state index in [1.165, 1.54) is 0 Å². The highest BCUT2D eigenvalue weighted by molar-refractivity contribution is 5.38. The molecular weight excluding hydrogens is 194 g/mol. The molecule has 1 saturated heterocycles. The van der Waals surface area contributed by atoms with Gasteiger partial charge in [-0.2, -0.15) is 4.99 Å². The quantitative estimate of drug-likeness (QED) is 0.522. The van der Waals surface area contributed by atoms with E-state index in [9.17, 15) is 4.79 Å². The average molecular weight is 211 g/mol. The average Bonchev–Trinajstić information content (AvgIpc) is 3.02. The van der Waals surface area contributed by atoms with Crippen LogP contribution in [-0.4, -0.2) is 37.5 Å². The van der Waals surface area contributed by atoms with E-state index in [-0.39, 0.29) is 11.1 Å². The molecule has 2 fully saturated rings. The second-order valence-electron chi connectivity index (χ2n) is 4.47. The van der Waals surface area contributed by atoms with Crippen LogP contribution in [0.15, 0.2) is 4.99 Å². The first kappa shape index (κ1) is 10.8. The minimum atomic E-state index is -0.364. The summed E-state index contributed by atoms with van der Waals surface area (Å²) >= 11 is 0. The molecule has 0 amide bonds. The molecule has 2 rings (SSSR count). The molecule has 1 heterocycles. The van der Waals surface area contributed by atoms with Gasteiger partial charge >= 0.3 is 0 Å². The molecule has 0 spiro atoms. The molecule has 0 radical (unpaired) electrons. The molecule has 1 saturated carbocycles. The maximum atomic E-state index is 10.5. The molecule has 0 N–H and O–H groups in total. The maximum Gasteiger partial charge on any atom is 0.235 e. The third-order valence-electron chi connectivity index (χ3n) is 3.56. The van der Waals surface area contributed by atoms with Crippen LogP contribution in [0.3, 0.4) is 0 Å². The number of aliphatic imine (C=N–C) groups is 1. The van der Waals surface area contributed by atoms with Crippen LogP contribution < -0.4 is 0 Å². The van der Waals surface area contributed by atoms with Crippen molar-refractivity contribution >= 4 is 6.08 Å². The summed E-state index contributed by atoms with van der Waals surface area (Å²) in [6.07, 6.45) is 6.69. The number of methoxy groups -OCH3 is 1. The van der Waals surface area contributed by atoms with Crippen LogP contribution in [0.25, 0.3) is 0 Å². The van der Waals surface area contributed by atoms with E-state index < -0.39 is 0 Å². The fourth-order valence-corrected chi connectivity index (χ4v) is 2.58. The number of hydrogen-bond acceptors (Lipinski definition) is 4. The zero-order chi connectivity index (χ0) is 10.8. The summed E-state index contributed by atoms with van der Waals surface area (Å²) in [6, 6.07) is 0. The summed E-state index contributed by atoms with van der Waals surface area (Å²) in [5, 5.41) is 0. The van der Waals surface area contributed by atoms with Crippen LogP contribution in [0.4, 0.5) is 0 Å². The Bertz CT molecular complexity index is 268. The van der Waals surface area contributed by atoms with Crippen LogP contribution in [0.5, 0.6) is 0 Å². The Morgan fingerprint density at radius 2 is 2.20 bits per heavy atom. The number of carbonyl (C=O) groups excluding carboxylic acids is 1. The van der Waals surface area contributed by atoms with E-state index in [1.54, 1.807) is 13.2 Å². The van der Waals surface area contributed by atoms with Gasteiger partial charge in [-0.25, -0.2) is 4.79 Å². The summed E-state index contributed by atoms with van der Waals surface area (Å²) < 4.78 is 11.1. The molecule has 84 valence electrons. The highest BCUT2D eigenvalue weighted by atomic mass is 16.5. The predicted octanol–water partition coefficient (Wildman–Crippen LogP) is 1.44. The van der Waals surface area contributed by atoms with Crippen LogP contribution >= 0.6 is 0 Å². The molecule has 15 heavy (non-hydrogen) atoms. The molecular formula is C11H17NO3. The number of nitrogens with zero attached hydrogens (tertiary/aromatic N) is 1. The van der Waals surface area contributed by atoms with Gasteiger partial charge in [-0.3, -0.25) is 0 Å². The molecule has 1 aliphatic carbocycles. The van der Waals surface area contributed by atoms with Crippen LogP contribution in [0, 0.1) is 0 Å². The second kappa shape index (κ2) is 4.05. The topological polar surface area (TPSA) is 47.9 Å². The lowest BCUT2D eigenvalue weighted by Gasteiger charge is -2.41. The molecule has 4 nitrogen and oxygen atoms in total. The molecule has 0 aromatic carbocycles. The second-order valence-corrected chi connectivity index (χ2v) is 4.47. The van der Waals surface area contributed by atoms with Gasteiger partial charge in [0.25, 0.3) is 0 Å². The Labute approximate surface area is 89.7 Å². The Balaban J connectivity index is 2.21. The highest BCUT2D eigenvalue weighted by Crippen LogP contribution is 2.53. The first-order valence-corrected chi connectivity index (χ1v) is 5.51. The van der Waals surface area contributed by atoms with E-state index in [1.807, 2.05) is 0 Å². The lowest BCUT2D eigenvalue weighted by atomic mass is 9.85. The summed E-state index contributed by atoms with van der Waals surface area (Å²) in [5.41, 5.74) is -0.692. The number of ether oxygens (including phenoxy) is 2. The summed E-state index contributed by atoms with van der Waals surface area (Å²) in [7, 11) is 1.67. The van der Waals surface area contributed by atoms with Crippen molar-refractivity contribution in [3.8, 4) is 0 Å². The van der Waals surface area contributed by atoms with Crippen molar-refractivity contribution in [3.63, 3.8) is 0 Å². The van der Waals surface area contributed by atoms with E-state index >= 15 is 0 Å². The van der Waals surface area contributed by atoms with Crippen LogP contribution in [0.2, 0.25) is 0 Å². The van der Waals surface area contributed by atoms with Crippen molar-refractivity contribution in [2.45, 2.75) is 43.2 Å². The Hall–Kier alpha value is -0.700. The lowest BCUT2D eigenvalue weighted by Crippen LogP contribution is -2.51. The van der Waals surface area contributed by atoms with Crippen LogP contribution in [0.1, 0.15) is 32.1 Å². The third-order valence-corrected chi connectivity index (χ3v) is 3.56. The van der Waals surface area contributed by atoms with Gasteiger partial charge in [-0.1, -0.05) is 0 Å². The van der Waals surface area contributed by atoms with Gasteiger partial charge in [0, 0.05) is 13.7 Å². The van der Waals surface area contributed by atoms with E-state index in [0.717, 1.165) is 38.7 Å². The summed E-state index contributed by atoms with van der Waals surface area (Å²) in [4.78, 5) is 14.4. The molecule has 0 aromatic heterocycles. The zero-order valence-electron chi connectivity index (χ0n) is 9.12. The number of isocyanates is 1. The minimum Gasteiger partial charge on any atom is -0.382 e. The van der Waals surface area contributed by atoms with Crippen molar-refractivity contribution in [3.05, 3.63) is 0 Å². The monoisotopic (exact) mass is 211 g/mol. The maximum absolute atomic E-state index is 10.5. The Morgan fingerprint density at radius 3 is 2.67 bits per heavy atom. The van der Waals surface area contributed by atoms with Crippen LogP contribution in [-0.2, 0) is 14.3 Å². The number of hydrogen-bond donors (Lipinski definition) is 0. The van der Waals surface area contributed by atoms with Gasteiger partial charge in [0.15, 0.2) is 0 Å². The highest BCUT2D eigenvalue weighted by Gasteiger charge is 2.61. The van der Waals surface area contributed by atoms with Gasteiger partial charge < -0.3 is 9.47 Å². The predicted molar refractivity (Wildman–Crippen MR) is 54.5 cm³/mol. The Kier molecular flexibility index (Phi) is 2.91. The van der Waals surface area contributed by atoms with Crippen molar-refractivity contribution in [1.82, 2.24) is 0 Å². The molecule has 1 aliphatic heterocycles.